The minimum atomic E-state index is -0.0191. The van der Waals surface area contributed by atoms with E-state index in [9.17, 15) is 4.79 Å². The smallest absolute Gasteiger partial charge is 0.260 e. The van der Waals surface area contributed by atoms with Crippen molar-refractivity contribution in [3.63, 3.8) is 0 Å². The Morgan fingerprint density at radius 2 is 1.52 bits per heavy atom. The maximum absolute atomic E-state index is 12.6. The number of hydrogen-bond donors (Lipinski definition) is 0. The fraction of sp³-hybridized carbons (Fsp3) is 0.208. The van der Waals surface area contributed by atoms with Crippen LogP contribution < -0.4 is 9.64 Å². The monoisotopic (exact) mass is 441 g/mol. The molecule has 9 heteroatoms. The van der Waals surface area contributed by atoms with Crippen molar-refractivity contribution in [2.24, 2.45) is 0 Å². The Morgan fingerprint density at radius 1 is 0.818 bits per heavy atom. The van der Waals surface area contributed by atoms with Gasteiger partial charge in [0.1, 0.15) is 18.4 Å². The lowest BCUT2D eigenvalue weighted by molar-refractivity contribution is -0.133. The van der Waals surface area contributed by atoms with Crippen LogP contribution in [0.1, 0.15) is 0 Å². The molecule has 2 aromatic carbocycles. The minimum absolute atomic E-state index is 0.0191. The number of rotatable bonds is 6. The summed E-state index contributed by atoms with van der Waals surface area (Å²) in [5.74, 6) is 2.05. The predicted octanol–water partition coefficient (Wildman–Crippen LogP) is 2.45. The molecule has 3 heterocycles. The van der Waals surface area contributed by atoms with E-state index in [4.69, 9.17) is 4.74 Å². The van der Waals surface area contributed by atoms with E-state index in [1.54, 1.807) is 11.0 Å². The number of amides is 1. The molecule has 2 aromatic heterocycles. The van der Waals surface area contributed by atoms with E-state index >= 15 is 0 Å². The van der Waals surface area contributed by atoms with Crippen LogP contribution in [0.15, 0.2) is 79.4 Å². The molecule has 0 spiro atoms. The lowest BCUT2D eigenvalue weighted by atomic mass is 10.1. The maximum atomic E-state index is 12.6. The summed E-state index contributed by atoms with van der Waals surface area (Å²) in [5.41, 5.74) is 2.26. The molecule has 1 aliphatic rings. The fourth-order valence-electron chi connectivity index (χ4n) is 3.73. The molecule has 1 saturated heterocycles. The number of ether oxygens (including phenoxy) is 1. The maximum Gasteiger partial charge on any atom is 0.260 e. The van der Waals surface area contributed by atoms with Crippen molar-refractivity contribution < 1.29 is 9.53 Å². The largest absolute Gasteiger partial charge is 0.484 e. The summed E-state index contributed by atoms with van der Waals surface area (Å²) in [6, 6.07) is 21.7. The predicted molar refractivity (Wildman–Crippen MR) is 123 cm³/mol. The Balaban J connectivity index is 1.10. The van der Waals surface area contributed by atoms with Gasteiger partial charge in [-0.2, -0.15) is 5.10 Å². The summed E-state index contributed by atoms with van der Waals surface area (Å²) in [5, 5.41) is 12.5. The van der Waals surface area contributed by atoms with Crippen LogP contribution in [0, 0.1) is 0 Å². The van der Waals surface area contributed by atoms with Crippen molar-refractivity contribution in [3.05, 3.63) is 79.4 Å². The molecule has 0 aliphatic carbocycles. The average molecular weight is 441 g/mol. The molecule has 0 N–H and O–H groups in total. The molecule has 1 aliphatic heterocycles. The Hall–Kier alpha value is -4.27. The van der Waals surface area contributed by atoms with Crippen molar-refractivity contribution in [2.75, 3.05) is 37.7 Å². The zero-order valence-electron chi connectivity index (χ0n) is 18.0. The lowest BCUT2D eigenvalue weighted by Crippen LogP contribution is -2.50. The zero-order valence-corrected chi connectivity index (χ0v) is 18.0. The summed E-state index contributed by atoms with van der Waals surface area (Å²) in [6.45, 7) is 2.63. The van der Waals surface area contributed by atoms with Gasteiger partial charge in [0.25, 0.3) is 5.91 Å². The molecule has 0 atom stereocenters. The normalized spacial score (nSPS) is 13.7. The van der Waals surface area contributed by atoms with Gasteiger partial charge < -0.3 is 14.5 Å². The topological polar surface area (TPSA) is 89.3 Å². The first-order valence-electron chi connectivity index (χ1n) is 10.8. The first-order chi connectivity index (χ1) is 16.3. The Kier molecular flexibility index (Phi) is 5.92. The highest BCUT2D eigenvalue weighted by Crippen LogP contribution is 2.22. The van der Waals surface area contributed by atoms with Crippen molar-refractivity contribution in [1.82, 2.24) is 29.9 Å². The van der Waals surface area contributed by atoms with Crippen molar-refractivity contribution in [1.29, 1.82) is 0 Å². The van der Waals surface area contributed by atoms with Crippen molar-refractivity contribution >= 4 is 11.7 Å². The SMILES string of the molecule is O=C(COc1ccc(-c2ccccc2)cc1)N1CCN(c2ccc(-n3cncn3)nn2)CC1. The minimum Gasteiger partial charge on any atom is -0.484 e. The quantitative estimate of drug-likeness (QED) is 0.454. The second kappa shape index (κ2) is 9.47. The Labute approximate surface area is 191 Å². The number of anilines is 1. The van der Waals surface area contributed by atoms with Gasteiger partial charge in [-0.05, 0) is 35.4 Å². The van der Waals surface area contributed by atoms with Gasteiger partial charge in [0.2, 0.25) is 0 Å². The van der Waals surface area contributed by atoms with Gasteiger partial charge in [-0.25, -0.2) is 9.67 Å². The zero-order chi connectivity index (χ0) is 22.5. The third kappa shape index (κ3) is 4.82. The first-order valence-corrected chi connectivity index (χ1v) is 10.8. The van der Waals surface area contributed by atoms with Crippen LogP contribution in [0.25, 0.3) is 16.9 Å². The van der Waals surface area contributed by atoms with Crippen LogP contribution >= 0.6 is 0 Å². The molecule has 9 nitrogen and oxygen atoms in total. The van der Waals surface area contributed by atoms with E-state index < -0.39 is 0 Å². The van der Waals surface area contributed by atoms with Gasteiger partial charge in [0, 0.05) is 26.2 Å². The lowest BCUT2D eigenvalue weighted by Gasteiger charge is -2.35. The average Bonchev–Trinajstić information content (AvgIpc) is 3.44. The number of benzene rings is 2. The molecule has 33 heavy (non-hydrogen) atoms. The highest BCUT2D eigenvalue weighted by molar-refractivity contribution is 5.78. The number of piperazine rings is 1. The molecular formula is C24H23N7O2. The molecule has 1 fully saturated rings. The van der Waals surface area contributed by atoms with Crippen molar-refractivity contribution in [3.8, 4) is 22.7 Å². The molecule has 4 aromatic rings. The first kappa shape index (κ1) is 20.6. The third-order valence-electron chi connectivity index (χ3n) is 5.57. The van der Waals surface area contributed by atoms with Gasteiger partial charge in [0.05, 0.1) is 0 Å². The number of nitrogens with zero attached hydrogens (tertiary/aromatic N) is 7. The number of hydrogen-bond acceptors (Lipinski definition) is 7. The summed E-state index contributed by atoms with van der Waals surface area (Å²) < 4.78 is 7.29. The van der Waals surface area contributed by atoms with E-state index in [0.29, 0.717) is 37.7 Å². The molecule has 166 valence electrons. The van der Waals surface area contributed by atoms with E-state index in [-0.39, 0.29) is 12.5 Å². The van der Waals surface area contributed by atoms with Crippen LogP contribution in [0.4, 0.5) is 5.82 Å². The number of carbonyl (C=O) groups is 1. The van der Waals surface area contributed by atoms with Gasteiger partial charge in [-0.15, -0.1) is 10.2 Å². The Bertz CT molecular complexity index is 1170. The second-order valence-corrected chi connectivity index (χ2v) is 7.64. The molecular weight excluding hydrogens is 418 g/mol. The van der Waals surface area contributed by atoms with Crippen LogP contribution in [-0.2, 0) is 4.79 Å². The highest BCUT2D eigenvalue weighted by Gasteiger charge is 2.22. The number of aromatic nitrogens is 5. The fourth-order valence-corrected chi connectivity index (χ4v) is 3.73. The molecule has 0 unspecified atom stereocenters. The van der Waals surface area contributed by atoms with E-state index in [1.165, 1.54) is 6.33 Å². The molecule has 1 amide bonds. The molecule has 0 radical (unpaired) electrons. The Morgan fingerprint density at radius 3 is 2.18 bits per heavy atom. The van der Waals surface area contributed by atoms with Gasteiger partial charge in [-0.1, -0.05) is 42.5 Å². The molecule has 0 bridgehead atoms. The van der Waals surface area contributed by atoms with E-state index in [2.05, 4.69) is 37.3 Å². The summed E-state index contributed by atoms with van der Waals surface area (Å²) in [4.78, 5) is 20.5. The highest BCUT2D eigenvalue weighted by atomic mass is 16.5. The molecule has 0 saturated carbocycles. The number of carbonyl (C=O) groups excluding carboxylic acids is 1. The molecule has 5 rings (SSSR count). The summed E-state index contributed by atoms with van der Waals surface area (Å²) >= 11 is 0. The van der Waals surface area contributed by atoms with Crippen molar-refractivity contribution in [2.45, 2.75) is 0 Å². The third-order valence-corrected chi connectivity index (χ3v) is 5.57. The second-order valence-electron chi connectivity index (χ2n) is 7.64. The van der Waals surface area contributed by atoms with Gasteiger partial charge >= 0.3 is 0 Å². The van der Waals surface area contributed by atoms with Gasteiger partial charge in [0.15, 0.2) is 18.2 Å². The van der Waals surface area contributed by atoms with Crippen LogP contribution in [0.5, 0.6) is 5.75 Å². The standard InChI is InChI=1S/C24H23N7O2/c32-24(16-33-21-8-6-20(7-9-21)19-4-2-1-3-5-19)30-14-12-29(13-15-30)22-10-11-23(28-27-22)31-18-25-17-26-31/h1-11,17-18H,12-16H2. The van der Waals surface area contributed by atoms with Crippen LogP contribution in [0.3, 0.4) is 0 Å². The van der Waals surface area contributed by atoms with Crippen LogP contribution in [-0.4, -0.2) is 68.6 Å². The van der Waals surface area contributed by atoms with Gasteiger partial charge in [-0.3, -0.25) is 4.79 Å². The van der Waals surface area contributed by atoms with E-state index in [1.807, 2.05) is 59.5 Å². The summed E-state index contributed by atoms with van der Waals surface area (Å²) in [6.07, 6.45) is 3.03. The van der Waals surface area contributed by atoms with E-state index in [0.717, 1.165) is 16.9 Å². The van der Waals surface area contributed by atoms with Crippen LogP contribution in [0.2, 0.25) is 0 Å². The summed E-state index contributed by atoms with van der Waals surface area (Å²) in [7, 11) is 0.